The highest BCUT2D eigenvalue weighted by atomic mass is 16.5. The highest BCUT2D eigenvalue weighted by Crippen LogP contribution is 2.15. The van der Waals surface area contributed by atoms with E-state index in [-0.39, 0.29) is 24.2 Å². The lowest BCUT2D eigenvalue weighted by molar-refractivity contribution is -0.152. The topological polar surface area (TPSA) is 63.7 Å². The number of hydrogen-bond donors (Lipinski definition) is 0. The molecule has 0 fully saturated rings. The summed E-state index contributed by atoms with van der Waals surface area (Å²) in [4.78, 5) is 37.5. The Kier molecular flexibility index (Phi) is 6.76. The first kappa shape index (κ1) is 17.9. The Morgan fingerprint density at radius 3 is 2.18 bits per heavy atom. The van der Waals surface area contributed by atoms with Gasteiger partial charge in [-0.1, -0.05) is 44.2 Å². The van der Waals surface area contributed by atoms with Gasteiger partial charge in [-0.15, -0.1) is 0 Å². The van der Waals surface area contributed by atoms with E-state index in [9.17, 15) is 14.4 Å². The Morgan fingerprint density at radius 2 is 1.73 bits per heavy atom. The molecular weight excluding hydrogens is 282 g/mol. The molecule has 5 heteroatoms. The van der Waals surface area contributed by atoms with Crippen LogP contribution < -0.4 is 0 Å². The number of carbonyl (C=O) groups excluding carboxylic acids is 3. The zero-order valence-corrected chi connectivity index (χ0v) is 13.5. The van der Waals surface area contributed by atoms with Gasteiger partial charge in [0.05, 0.1) is 13.7 Å². The van der Waals surface area contributed by atoms with E-state index in [0.717, 1.165) is 0 Å². The predicted octanol–water partition coefficient (Wildman–Crippen LogP) is 2.31. The molecule has 1 atom stereocenters. The highest BCUT2D eigenvalue weighted by molar-refractivity contribution is 5.99. The summed E-state index contributed by atoms with van der Waals surface area (Å²) in [6, 6.07) is 7.98. The third kappa shape index (κ3) is 4.98. The van der Waals surface area contributed by atoms with Crippen LogP contribution in [0.3, 0.4) is 0 Å². The first-order valence-electron chi connectivity index (χ1n) is 7.30. The molecule has 1 amide bonds. The number of ether oxygens (including phenoxy) is 1. The average Bonchev–Trinajstić information content (AvgIpc) is 2.50. The molecule has 0 aliphatic heterocycles. The molecule has 0 aliphatic carbocycles. The van der Waals surface area contributed by atoms with Gasteiger partial charge in [0.2, 0.25) is 5.91 Å². The van der Waals surface area contributed by atoms with E-state index in [1.165, 1.54) is 18.9 Å². The van der Waals surface area contributed by atoms with E-state index in [4.69, 9.17) is 4.74 Å². The first-order chi connectivity index (χ1) is 10.4. The molecule has 0 N–H and O–H groups in total. The molecule has 5 nitrogen and oxygen atoms in total. The molecular formula is C17H23NO4. The third-order valence-electron chi connectivity index (χ3n) is 3.36. The van der Waals surface area contributed by atoms with E-state index >= 15 is 0 Å². The van der Waals surface area contributed by atoms with E-state index in [0.29, 0.717) is 12.0 Å². The Morgan fingerprint density at radius 1 is 1.14 bits per heavy atom. The van der Waals surface area contributed by atoms with Crippen LogP contribution in [0.25, 0.3) is 0 Å². The summed E-state index contributed by atoms with van der Waals surface area (Å²) in [6.07, 6.45) is 0.453. The van der Waals surface area contributed by atoms with Gasteiger partial charge in [0.15, 0.2) is 5.78 Å². The van der Waals surface area contributed by atoms with Crippen LogP contribution in [0.4, 0.5) is 0 Å². The Labute approximate surface area is 131 Å². The predicted molar refractivity (Wildman–Crippen MR) is 83.4 cm³/mol. The van der Waals surface area contributed by atoms with Crippen molar-refractivity contribution in [2.75, 3.05) is 13.7 Å². The van der Waals surface area contributed by atoms with Crippen molar-refractivity contribution in [2.45, 2.75) is 33.2 Å². The number of carbonyl (C=O) groups is 3. The molecule has 0 aliphatic rings. The summed E-state index contributed by atoms with van der Waals surface area (Å²) >= 11 is 0. The molecule has 22 heavy (non-hydrogen) atoms. The van der Waals surface area contributed by atoms with Crippen molar-refractivity contribution in [1.29, 1.82) is 0 Å². The fourth-order valence-corrected chi connectivity index (χ4v) is 2.24. The van der Waals surface area contributed by atoms with Gasteiger partial charge in [0, 0.05) is 12.5 Å². The molecule has 0 bridgehead atoms. The lowest BCUT2D eigenvalue weighted by Gasteiger charge is -2.29. The van der Waals surface area contributed by atoms with Crippen LogP contribution in [0, 0.1) is 5.92 Å². The zero-order chi connectivity index (χ0) is 16.7. The van der Waals surface area contributed by atoms with Crippen LogP contribution in [0.5, 0.6) is 0 Å². The van der Waals surface area contributed by atoms with Gasteiger partial charge in [-0.2, -0.15) is 0 Å². The third-order valence-corrected chi connectivity index (χ3v) is 3.36. The summed E-state index contributed by atoms with van der Waals surface area (Å²) in [5.74, 6) is -0.823. The molecule has 0 aromatic heterocycles. The second-order valence-electron chi connectivity index (χ2n) is 5.60. The molecule has 120 valence electrons. The van der Waals surface area contributed by atoms with Gasteiger partial charge in [0.25, 0.3) is 0 Å². The SMILES string of the molecule is COC(=O)C(CC(C)C)N(CC(=O)c1ccccc1)C(C)=O. The molecule has 0 spiro atoms. The Bertz CT molecular complexity index is 525. The largest absolute Gasteiger partial charge is 0.467 e. The van der Waals surface area contributed by atoms with E-state index in [2.05, 4.69) is 0 Å². The number of methoxy groups -OCH3 is 1. The fraction of sp³-hybridized carbons (Fsp3) is 0.471. The Hall–Kier alpha value is -2.17. The minimum Gasteiger partial charge on any atom is -0.467 e. The minimum absolute atomic E-state index is 0.133. The molecule has 1 rings (SSSR count). The number of amides is 1. The van der Waals surface area contributed by atoms with E-state index in [1.807, 2.05) is 19.9 Å². The Balaban J connectivity index is 2.97. The van der Waals surface area contributed by atoms with Crippen molar-refractivity contribution in [2.24, 2.45) is 5.92 Å². The monoisotopic (exact) mass is 305 g/mol. The number of rotatable bonds is 7. The van der Waals surface area contributed by atoms with E-state index in [1.54, 1.807) is 24.3 Å². The summed E-state index contributed by atoms with van der Waals surface area (Å²) < 4.78 is 4.79. The van der Waals surface area contributed by atoms with Gasteiger partial charge in [-0.3, -0.25) is 9.59 Å². The smallest absolute Gasteiger partial charge is 0.328 e. The lowest BCUT2D eigenvalue weighted by Crippen LogP contribution is -2.47. The van der Waals surface area contributed by atoms with Gasteiger partial charge in [-0.05, 0) is 12.3 Å². The number of esters is 1. The number of hydrogen-bond acceptors (Lipinski definition) is 4. The lowest BCUT2D eigenvalue weighted by atomic mass is 10.0. The summed E-state index contributed by atoms with van der Waals surface area (Å²) in [5.41, 5.74) is 0.516. The molecule has 1 aromatic rings. The van der Waals surface area contributed by atoms with Crippen molar-refractivity contribution in [3.05, 3.63) is 35.9 Å². The molecule has 1 aromatic carbocycles. The fourth-order valence-electron chi connectivity index (χ4n) is 2.24. The van der Waals surface area contributed by atoms with Crippen molar-refractivity contribution >= 4 is 17.7 Å². The van der Waals surface area contributed by atoms with Crippen molar-refractivity contribution < 1.29 is 19.1 Å². The summed E-state index contributed by atoms with van der Waals surface area (Å²) in [6.45, 7) is 5.13. The maximum atomic E-state index is 12.3. The molecule has 0 radical (unpaired) electrons. The van der Waals surface area contributed by atoms with Crippen LogP contribution in [0.15, 0.2) is 30.3 Å². The summed E-state index contributed by atoms with van der Waals surface area (Å²) in [5, 5.41) is 0. The molecule has 0 saturated carbocycles. The van der Waals surface area contributed by atoms with Crippen molar-refractivity contribution in [3.63, 3.8) is 0 Å². The van der Waals surface area contributed by atoms with E-state index < -0.39 is 12.0 Å². The maximum Gasteiger partial charge on any atom is 0.328 e. The number of Topliss-reactive ketones (excluding diaryl/α,β-unsaturated/α-hetero) is 1. The van der Waals surface area contributed by atoms with Gasteiger partial charge >= 0.3 is 5.97 Å². The number of benzene rings is 1. The van der Waals surface area contributed by atoms with Gasteiger partial charge in [-0.25, -0.2) is 4.79 Å². The van der Waals surface area contributed by atoms with Crippen LogP contribution in [-0.4, -0.2) is 42.3 Å². The normalized spacial score (nSPS) is 11.9. The highest BCUT2D eigenvalue weighted by Gasteiger charge is 2.31. The maximum absolute atomic E-state index is 12.3. The quantitative estimate of drug-likeness (QED) is 0.573. The standard InChI is InChI=1S/C17H23NO4/c1-12(2)10-15(17(21)22-4)18(13(3)19)11-16(20)14-8-6-5-7-9-14/h5-9,12,15H,10-11H2,1-4H3. The number of ketones is 1. The minimum atomic E-state index is -0.741. The second-order valence-corrected chi connectivity index (χ2v) is 5.60. The molecule has 0 heterocycles. The first-order valence-corrected chi connectivity index (χ1v) is 7.30. The van der Waals surface area contributed by atoms with Crippen LogP contribution in [-0.2, 0) is 14.3 Å². The van der Waals surface area contributed by atoms with Crippen LogP contribution >= 0.6 is 0 Å². The van der Waals surface area contributed by atoms with Gasteiger partial charge < -0.3 is 9.64 Å². The van der Waals surface area contributed by atoms with Crippen LogP contribution in [0.1, 0.15) is 37.6 Å². The average molecular weight is 305 g/mol. The second kappa shape index (κ2) is 8.32. The zero-order valence-electron chi connectivity index (χ0n) is 13.5. The molecule has 1 unspecified atom stereocenters. The van der Waals surface area contributed by atoms with Crippen LogP contribution in [0.2, 0.25) is 0 Å². The van der Waals surface area contributed by atoms with Crippen molar-refractivity contribution in [1.82, 2.24) is 4.90 Å². The summed E-state index contributed by atoms with van der Waals surface area (Å²) in [7, 11) is 1.28. The number of nitrogens with zero attached hydrogens (tertiary/aromatic N) is 1. The molecule has 0 saturated heterocycles. The van der Waals surface area contributed by atoms with Gasteiger partial charge in [0.1, 0.15) is 6.04 Å². The van der Waals surface area contributed by atoms with Crippen molar-refractivity contribution in [3.8, 4) is 0 Å².